The molecule has 0 aliphatic rings. The molecule has 1 unspecified atom stereocenters. The Morgan fingerprint density at radius 1 is 1.17 bits per heavy atom. The van der Waals surface area contributed by atoms with E-state index >= 15 is 0 Å². The van der Waals surface area contributed by atoms with Gasteiger partial charge in [-0.05, 0) is 36.3 Å². The molecule has 23 heavy (non-hydrogen) atoms. The molecule has 0 saturated carbocycles. The first kappa shape index (κ1) is 16.1. The van der Waals surface area contributed by atoms with Crippen LogP contribution in [-0.2, 0) is 4.79 Å². The zero-order valence-corrected chi connectivity index (χ0v) is 12.5. The van der Waals surface area contributed by atoms with Gasteiger partial charge in [0.05, 0.1) is 6.04 Å². The summed E-state index contributed by atoms with van der Waals surface area (Å²) in [7, 11) is 0. The predicted octanol–water partition coefficient (Wildman–Crippen LogP) is 2.88. The molecule has 0 aromatic heterocycles. The minimum Gasteiger partial charge on any atom is -0.504 e. The Labute approximate surface area is 134 Å². The van der Waals surface area contributed by atoms with Crippen molar-refractivity contribution in [2.45, 2.75) is 13.0 Å². The number of phenols is 2. The van der Waals surface area contributed by atoms with Gasteiger partial charge in [-0.25, -0.2) is 0 Å². The zero-order chi connectivity index (χ0) is 16.8. The van der Waals surface area contributed by atoms with Crippen LogP contribution in [0.4, 0.5) is 0 Å². The van der Waals surface area contributed by atoms with Crippen molar-refractivity contribution in [1.29, 1.82) is 5.26 Å². The van der Waals surface area contributed by atoms with E-state index < -0.39 is 5.91 Å². The molecule has 0 bridgehead atoms. The largest absolute Gasteiger partial charge is 0.504 e. The van der Waals surface area contributed by atoms with Crippen molar-refractivity contribution < 1.29 is 15.0 Å². The van der Waals surface area contributed by atoms with Crippen LogP contribution < -0.4 is 5.32 Å². The number of carbonyl (C=O) groups is 1. The minimum atomic E-state index is -0.503. The molecule has 0 spiro atoms. The number of nitrogens with one attached hydrogen (secondary N) is 1. The summed E-state index contributed by atoms with van der Waals surface area (Å²) in [5.74, 6) is -1.08. The molecule has 5 nitrogen and oxygen atoms in total. The molecule has 2 aromatic carbocycles. The molecule has 0 aliphatic carbocycles. The van der Waals surface area contributed by atoms with E-state index in [2.05, 4.69) is 5.32 Å². The zero-order valence-electron chi connectivity index (χ0n) is 12.5. The molecule has 2 rings (SSSR count). The fraction of sp³-hybridized carbons (Fsp3) is 0.111. The molecular formula is C18H16N2O3. The maximum absolute atomic E-state index is 12.2. The SMILES string of the molecule is CC(NC(=O)/C(C#N)=C\c1ccc(O)c(O)c1)c1ccccc1. The van der Waals surface area contributed by atoms with Crippen LogP contribution in [-0.4, -0.2) is 16.1 Å². The normalized spacial score (nSPS) is 12.3. The molecule has 0 aliphatic heterocycles. The highest BCUT2D eigenvalue weighted by Gasteiger charge is 2.14. The van der Waals surface area contributed by atoms with E-state index in [0.29, 0.717) is 5.56 Å². The Bertz CT molecular complexity index is 777. The van der Waals surface area contributed by atoms with E-state index in [1.165, 1.54) is 24.3 Å². The average molecular weight is 308 g/mol. The lowest BCUT2D eigenvalue weighted by atomic mass is 10.1. The average Bonchev–Trinajstić information content (AvgIpc) is 2.56. The fourth-order valence-electron chi connectivity index (χ4n) is 2.04. The summed E-state index contributed by atoms with van der Waals surface area (Å²) in [5.41, 5.74) is 1.29. The van der Waals surface area contributed by atoms with E-state index in [0.717, 1.165) is 5.56 Å². The second-order valence-electron chi connectivity index (χ2n) is 5.02. The highest BCUT2D eigenvalue weighted by Crippen LogP contribution is 2.26. The number of phenolic OH excluding ortho intramolecular Hbond substituents is 2. The van der Waals surface area contributed by atoms with Gasteiger partial charge in [-0.2, -0.15) is 5.26 Å². The van der Waals surface area contributed by atoms with Gasteiger partial charge >= 0.3 is 0 Å². The van der Waals surface area contributed by atoms with Crippen LogP contribution in [0.5, 0.6) is 11.5 Å². The van der Waals surface area contributed by atoms with Crippen molar-refractivity contribution >= 4 is 12.0 Å². The van der Waals surface area contributed by atoms with Gasteiger partial charge in [-0.1, -0.05) is 36.4 Å². The second-order valence-corrected chi connectivity index (χ2v) is 5.02. The molecule has 0 radical (unpaired) electrons. The minimum absolute atomic E-state index is 0.0853. The van der Waals surface area contributed by atoms with E-state index in [1.807, 2.05) is 43.3 Å². The Kier molecular flexibility index (Phi) is 5.00. The number of aromatic hydroxyl groups is 2. The van der Waals surface area contributed by atoms with Crippen LogP contribution in [0.15, 0.2) is 54.1 Å². The van der Waals surface area contributed by atoms with Crippen LogP contribution in [0.3, 0.4) is 0 Å². The molecule has 1 atom stereocenters. The molecule has 3 N–H and O–H groups in total. The summed E-state index contributed by atoms with van der Waals surface area (Å²) in [6, 6.07) is 15.1. The van der Waals surface area contributed by atoms with Gasteiger partial charge in [0.15, 0.2) is 11.5 Å². The lowest BCUT2D eigenvalue weighted by molar-refractivity contribution is -0.117. The van der Waals surface area contributed by atoms with Gasteiger partial charge in [0.1, 0.15) is 11.6 Å². The summed E-state index contributed by atoms with van der Waals surface area (Å²) in [6.07, 6.45) is 1.35. The topological polar surface area (TPSA) is 93.4 Å². The van der Waals surface area contributed by atoms with Crippen LogP contribution in [0.2, 0.25) is 0 Å². The Morgan fingerprint density at radius 3 is 2.48 bits per heavy atom. The third-order valence-electron chi connectivity index (χ3n) is 3.32. The van der Waals surface area contributed by atoms with Crippen LogP contribution in [0.25, 0.3) is 6.08 Å². The lowest BCUT2D eigenvalue weighted by Crippen LogP contribution is -2.27. The number of nitrogens with zero attached hydrogens (tertiary/aromatic N) is 1. The number of rotatable bonds is 4. The van der Waals surface area contributed by atoms with Gasteiger partial charge in [0.2, 0.25) is 0 Å². The second kappa shape index (κ2) is 7.14. The summed E-state index contributed by atoms with van der Waals surface area (Å²) in [6.45, 7) is 1.83. The van der Waals surface area contributed by atoms with Crippen molar-refractivity contribution in [1.82, 2.24) is 5.32 Å². The van der Waals surface area contributed by atoms with Crippen molar-refractivity contribution in [3.8, 4) is 17.6 Å². The molecule has 0 saturated heterocycles. The van der Waals surface area contributed by atoms with E-state index in [4.69, 9.17) is 0 Å². The Hall–Kier alpha value is -3.26. The first-order valence-electron chi connectivity index (χ1n) is 7.01. The molecule has 1 amide bonds. The van der Waals surface area contributed by atoms with Crippen molar-refractivity contribution in [2.24, 2.45) is 0 Å². The third-order valence-corrected chi connectivity index (χ3v) is 3.32. The Balaban J connectivity index is 2.17. The van der Waals surface area contributed by atoms with Crippen LogP contribution in [0.1, 0.15) is 24.1 Å². The number of hydrogen-bond donors (Lipinski definition) is 3. The van der Waals surface area contributed by atoms with Crippen LogP contribution in [0, 0.1) is 11.3 Å². The summed E-state index contributed by atoms with van der Waals surface area (Å²) >= 11 is 0. The monoisotopic (exact) mass is 308 g/mol. The molecule has 0 fully saturated rings. The van der Waals surface area contributed by atoms with Gasteiger partial charge in [0, 0.05) is 0 Å². The van der Waals surface area contributed by atoms with Crippen molar-refractivity contribution in [3.05, 3.63) is 65.2 Å². The maximum atomic E-state index is 12.2. The first-order valence-corrected chi connectivity index (χ1v) is 7.01. The van der Waals surface area contributed by atoms with Gasteiger partial charge in [-0.3, -0.25) is 4.79 Å². The lowest BCUT2D eigenvalue weighted by Gasteiger charge is -2.13. The molecular weight excluding hydrogens is 292 g/mol. The van der Waals surface area contributed by atoms with E-state index in [1.54, 1.807) is 0 Å². The molecule has 5 heteroatoms. The highest BCUT2D eigenvalue weighted by molar-refractivity contribution is 6.01. The number of nitriles is 1. The first-order chi connectivity index (χ1) is 11.0. The van der Waals surface area contributed by atoms with E-state index in [-0.39, 0.29) is 23.1 Å². The van der Waals surface area contributed by atoms with Crippen molar-refractivity contribution in [3.63, 3.8) is 0 Å². The maximum Gasteiger partial charge on any atom is 0.262 e. The Morgan fingerprint density at radius 2 is 1.87 bits per heavy atom. The predicted molar refractivity (Wildman–Crippen MR) is 86.4 cm³/mol. The van der Waals surface area contributed by atoms with Gasteiger partial charge < -0.3 is 15.5 Å². The molecule has 116 valence electrons. The summed E-state index contributed by atoms with van der Waals surface area (Å²) < 4.78 is 0. The number of hydrogen-bond acceptors (Lipinski definition) is 4. The molecule has 2 aromatic rings. The number of carbonyl (C=O) groups excluding carboxylic acids is 1. The standard InChI is InChI=1S/C18H16N2O3/c1-12(14-5-3-2-4-6-14)20-18(23)15(11-19)9-13-7-8-16(21)17(22)10-13/h2-10,12,21-22H,1H3,(H,20,23)/b15-9-. The number of amides is 1. The smallest absolute Gasteiger partial charge is 0.262 e. The molecule has 0 heterocycles. The fourth-order valence-corrected chi connectivity index (χ4v) is 2.04. The highest BCUT2D eigenvalue weighted by atomic mass is 16.3. The summed E-state index contributed by atoms with van der Waals surface area (Å²) in [5, 5.41) is 30.7. The number of benzene rings is 2. The summed E-state index contributed by atoms with van der Waals surface area (Å²) in [4.78, 5) is 12.2. The van der Waals surface area contributed by atoms with Crippen LogP contribution >= 0.6 is 0 Å². The quantitative estimate of drug-likeness (QED) is 0.460. The third kappa shape index (κ3) is 4.11. The van der Waals surface area contributed by atoms with Gasteiger partial charge in [-0.15, -0.1) is 0 Å². The van der Waals surface area contributed by atoms with Crippen molar-refractivity contribution in [2.75, 3.05) is 0 Å². The van der Waals surface area contributed by atoms with Gasteiger partial charge in [0.25, 0.3) is 5.91 Å². The van der Waals surface area contributed by atoms with E-state index in [9.17, 15) is 20.3 Å².